The predicted molar refractivity (Wildman–Crippen MR) is 123 cm³/mol. The molecule has 2 aliphatic rings. The zero-order valence-corrected chi connectivity index (χ0v) is 19.0. The van der Waals surface area contributed by atoms with Crippen LogP contribution in [0.1, 0.15) is 87.0 Å². The van der Waals surface area contributed by atoms with Crippen molar-refractivity contribution in [2.75, 3.05) is 0 Å². The molecule has 1 atom stereocenters. The number of hydrogen-bond acceptors (Lipinski definition) is 2. The lowest BCUT2D eigenvalue weighted by Crippen LogP contribution is -2.26. The Bertz CT molecular complexity index is 894. The molecule has 166 valence electrons. The Balaban J connectivity index is 1.29. The minimum Gasteiger partial charge on any atom is -0.423 e. The summed E-state index contributed by atoms with van der Waals surface area (Å²) in [7, 11) is 0. The van der Waals surface area contributed by atoms with Crippen LogP contribution in [-0.4, -0.2) is 5.97 Å². The normalized spacial score (nSPS) is 23.3. The van der Waals surface area contributed by atoms with Crippen molar-refractivity contribution in [2.45, 2.75) is 84.0 Å². The van der Waals surface area contributed by atoms with Crippen LogP contribution in [0.4, 0.5) is 4.39 Å². The van der Waals surface area contributed by atoms with E-state index in [0.717, 1.165) is 12.0 Å². The molecular weight excluding hydrogens is 387 g/mol. The molecule has 0 amide bonds. The number of halogens is 1. The van der Waals surface area contributed by atoms with E-state index >= 15 is 0 Å². The Morgan fingerprint density at radius 2 is 1.74 bits per heavy atom. The third-order valence-corrected chi connectivity index (χ3v) is 7.33. The van der Waals surface area contributed by atoms with E-state index in [4.69, 9.17) is 4.74 Å². The molecule has 1 unspecified atom stereocenters. The highest BCUT2D eigenvalue weighted by Crippen LogP contribution is 2.38. The zero-order chi connectivity index (χ0) is 21.8. The maximum atomic E-state index is 14.9. The first kappa shape index (κ1) is 22.0. The van der Waals surface area contributed by atoms with Gasteiger partial charge in [-0.05, 0) is 91.9 Å². The largest absolute Gasteiger partial charge is 0.423 e. The van der Waals surface area contributed by atoms with Crippen LogP contribution in [0.2, 0.25) is 0 Å². The number of benzene rings is 2. The molecule has 2 nitrogen and oxygen atoms in total. The average Bonchev–Trinajstić information content (AvgIpc) is 2.79. The van der Waals surface area contributed by atoms with Crippen LogP contribution >= 0.6 is 0 Å². The molecule has 0 aromatic heterocycles. The lowest BCUT2D eigenvalue weighted by molar-refractivity contribution is -0.139. The monoisotopic (exact) mass is 422 g/mol. The van der Waals surface area contributed by atoms with Gasteiger partial charge in [-0.3, -0.25) is 4.79 Å². The summed E-state index contributed by atoms with van der Waals surface area (Å²) >= 11 is 0. The van der Waals surface area contributed by atoms with Gasteiger partial charge in [-0.25, -0.2) is 4.39 Å². The lowest BCUT2D eigenvalue weighted by Gasteiger charge is -2.29. The summed E-state index contributed by atoms with van der Waals surface area (Å²) in [5, 5.41) is 0. The van der Waals surface area contributed by atoms with Crippen molar-refractivity contribution in [2.24, 2.45) is 11.8 Å². The Hall–Kier alpha value is -2.16. The van der Waals surface area contributed by atoms with Gasteiger partial charge in [0.2, 0.25) is 0 Å². The van der Waals surface area contributed by atoms with E-state index in [0.29, 0.717) is 30.2 Å². The van der Waals surface area contributed by atoms with Crippen molar-refractivity contribution < 1.29 is 13.9 Å². The first-order valence-corrected chi connectivity index (χ1v) is 12.2. The summed E-state index contributed by atoms with van der Waals surface area (Å²) in [5.41, 5.74) is 4.43. The molecule has 1 aliphatic heterocycles. The number of hydrogen-bond donors (Lipinski definition) is 0. The van der Waals surface area contributed by atoms with Gasteiger partial charge in [0.15, 0.2) is 11.6 Å². The van der Waals surface area contributed by atoms with Crippen LogP contribution in [0.5, 0.6) is 5.75 Å². The first-order chi connectivity index (χ1) is 15.0. The summed E-state index contributed by atoms with van der Waals surface area (Å²) in [5.74, 6) is 0.651. The fourth-order valence-corrected chi connectivity index (χ4v) is 5.20. The molecule has 1 saturated carbocycles. The van der Waals surface area contributed by atoms with Gasteiger partial charge < -0.3 is 4.74 Å². The van der Waals surface area contributed by atoms with E-state index < -0.39 is 0 Å². The molecule has 0 bridgehead atoms. The van der Waals surface area contributed by atoms with E-state index in [1.165, 1.54) is 56.1 Å². The second-order valence-corrected chi connectivity index (χ2v) is 9.65. The van der Waals surface area contributed by atoms with Crippen molar-refractivity contribution in [3.8, 4) is 5.75 Å². The van der Waals surface area contributed by atoms with Gasteiger partial charge in [-0.2, -0.15) is 0 Å². The molecule has 1 fully saturated rings. The van der Waals surface area contributed by atoms with Gasteiger partial charge in [0, 0.05) is 0 Å². The highest BCUT2D eigenvalue weighted by Gasteiger charge is 2.29. The number of carbonyl (C=O) groups excluding carboxylic acids is 1. The second-order valence-electron chi connectivity index (χ2n) is 9.65. The van der Waals surface area contributed by atoms with Gasteiger partial charge in [-0.1, -0.05) is 56.7 Å². The third kappa shape index (κ3) is 5.19. The molecule has 2 aromatic carbocycles. The molecule has 0 saturated heterocycles. The quantitative estimate of drug-likeness (QED) is 0.349. The standard InChI is InChI=1S/C28H35FO2/c1-3-4-5-20-6-11-22(12-7-20)23-13-8-21(9-14-23)10-15-24-16-17-25-18-19(2)28(30)31-27(25)26(24)29/h6-7,11-12,16-17,19,21,23H,3-5,8-10,13-15,18H2,1-2H3. The van der Waals surface area contributed by atoms with E-state index in [9.17, 15) is 9.18 Å². The molecule has 0 radical (unpaired) electrons. The highest BCUT2D eigenvalue weighted by atomic mass is 19.1. The van der Waals surface area contributed by atoms with Crippen molar-refractivity contribution in [3.63, 3.8) is 0 Å². The molecule has 0 spiro atoms. The molecule has 4 rings (SSSR count). The fourth-order valence-electron chi connectivity index (χ4n) is 5.20. The fraction of sp³-hybridized carbons (Fsp3) is 0.536. The van der Waals surface area contributed by atoms with Crippen LogP contribution < -0.4 is 4.74 Å². The number of unbranched alkanes of at least 4 members (excludes halogenated alkanes) is 1. The molecule has 2 aromatic rings. The Morgan fingerprint density at radius 1 is 1.00 bits per heavy atom. The molecule has 31 heavy (non-hydrogen) atoms. The zero-order valence-electron chi connectivity index (χ0n) is 19.0. The van der Waals surface area contributed by atoms with E-state index in [1.54, 1.807) is 0 Å². The van der Waals surface area contributed by atoms with Crippen molar-refractivity contribution in [3.05, 3.63) is 64.5 Å². The van der Waals surface area contributed by atoms with Crippen molar-refractivity contribution in [1.82, 2.24) is 0 Å². The van der Waals surface area contributed by atoms with Crippen molar-refractivity contribution in [1.29, 1.82) is 0 Å². The topological polar surface area (TPSA) is 26.3 Å². The second kappa shape index (κ2) is 9.97. The molecule has 1 heterocycles. The van der Waals surface area contributed by atoms with Crippen LogP contribution in [0.3, 0.4) is 0 Å². The maximum Gasteiger partial charge on any atom is 0.314 e. The maximum absolute atomic E-state index is 14.9. The van der Waals surface area contributed by atoms with Crippen LogP contribution in [0.15, 0.2) is 36.4 Å². The molecule has 3 heteroatoms. The third-order valence-electron chi connectivity index (χ3n) is 7.33. The number of fused-ring (bicyclic) bond motifs is 1. The van der Waals surface area contributed by atoms with E-state index in [1.807, 2.05) is 19.1 Å². The van der Waals surface area contributed by atoms with E-state index in [-0.39, 0.29) is 23.5 Å². The lowest BCUT2D eigenvalue weighted by atomic mass is 9.76. The number of esters is 1. The minimum absolute atomic E-state index is 0.173. The van der Waals surface area contributed by atoms with Crippen molar-refractivity contribution >= 4 is 5.97 Å². The molecule has 1 aliphatic carbocycles. The average molecular weight is 423 g/mol. The smallest absolute Gasteiger partial charge is 0.314 e. The molecule has 0 N–H and O–H groups in total. The minimum atomic E-state index is -0.324. The van der Waals surface area contributed by atoms with Gasteiger partial charge >= 0.3 is 5.97 Å². The Kier molecular flexibility index (Phi) is 7.09. The summed E-state index contributed by atoms with van der Waals surface area (Å²) < 4.78 is 20.2. The predicted octanol–water partition coefficient (Wildman–Crippen LogP) is 7.17. The number of carbonyl (C=O) groups is 1. The first-order valence-electron chi connectivity index (χ1n) is 12.2. The van der Waals surface area contributed by atoms with Gasteiger partial charge in [0.1, 0.15) is 0 Å². The van der Waals surface area contributed by atoms with E-state index in [2.05, 4.69) is 31.2 Å². The summed E-state index contributed by atoms with van der Waals surface area (Å²) in [6.07, 6.45) is 10.8. The number of aryl methyl sites for hydroxylation is 2. The Labute approximate surface area is 186 Å². The SMILES string of the molecule is CCCCc1ccc(C2CCC(CCc3ccc4c(c3F)OC(=O)C(C)C4)CC2)cc1. The Morgan fingerprint density at radius 3 is 2.45 bits per heavy atom. The molecular formula is C28H35FO2. The van der Waals surface area contributed by atoms with Crippen LogP contribution in [-0.2, 0) is 24.1 Å². The summed E-state index contributed by atoms with van der Waals surface area (Å²) in [6, 6.07) is 13.1. The van der Waals surface area contributed by atoms with Crippen LogP contribution in [0, 0.1) is 17.7 Å². The van der Waals surface area contributed by atoms with Gasteiger partial charge in [0.25, 0.3) is 0 Å². The van der Waals surface area contributed by atoms with Gasteiger partial charge in [-0.15, -0.1) is 0 Å². The van der Waals surface area contributed by atoms with Crippen LogP contribution in [0.25, 0.3) is 0 Å². The summed E-state index contributed by atoms with van der Waals surface area (Å²) in [6.45, 7) is 4.07. The summed E-state index contributed by atoms with van der Waals surface area (Å²) in [4.78, 5) is 11.8. The highest BCUT2D eigenvalue weighted by molar-refractivity contribution is 5.77. The van der Waals surface area contributed by atoms with Gasteiger partial charge in [0.05, 0.1) is 5.92 Å². The number of rotatable bonds is 7. The number of ether oxygens (including phenoxy) is 1.